The van der Waals surface area contributed by atoms with Crippen molar-refractivity contribution in [1.29, 1.82) is 0 Å². The van der Waals surface area contributed by atoms with Crippen LogP contribution in [0.1, 0.15) is 19.3 Å². The van der Waals surface area contributed by atoms with Gasteiger partial charge in [-0.2, -0.15) is 0 Å². The number of aliphatic carboxylic acids is 1. The summed E-state index contributed by atoms with van der Waals surface area (Å²) in [6.45, 7) is -0.0805. The molecule has 1 aliphatic rings. The maximum Gasteiger partial charge on any atom is 0.308 e. The van der Waals surface area contributed by atoms with E-state index in [9.17, 15) is 9.59 Å². The molecule has 5 nitrogen and oxygen atoms in total. The summed E-state index contributed by atoms with van der Waals surface area (Å²) in [4.78, 5) is 21.6. The summed E-state index contributed by atoms with van der Waals surface area (Å²) in [5, 5.41) is 11.4. The van der Waals surface area contributed by atoms with Crippen molar-refractivity contribution in [2.24, 2.45) is 11.7 Å². The van der Waals surface area contributed by atoms with Gasteiger partial charge in [-0.1, -0.05) is 6.42 Å². The second-order valence-electron chi connectivity index (χ2n) is 3.25. The number of hydrogen-bond acceptors (Lipinski definition) is 3. The molecular weight excluding hydrogens is 172 g/mol. The lowest BCUT2D eigenvalue weighted by atomic mass is 10.0. The average molecular weight is 186 g/mol. The van der Waals surface area contributed by atoms with Crippen LogP contribution in [0.5, 0.6) is 0 Å². The molecule has 1 fully saturated rings. The monoisotopic (exact) mass is 186 g/mol. The molecule has 0 aromatic rings. The van der Waals surface area contributed by atoms with E-state index < -0.39 is 11.9 Å². The summed E-state index contributed by atoms with van der Waals surface area (Å²) in [6, 6.07) is -0.228. The molecule has 0 saturated heterocycles. The number of nitrogens with two attached hydrogens (primary N) is 1. The topological polar surface area (TPSA) is 92.4 Å². The zero-order chi connectivity index (χ0) is 9.84. The highest BCUT2D eigenvalue weighted by molar-refractivity contribution is 5.79. The molecule has 2 atom stereocenters. The summed E-state index contributed by atoms with van der Waals surface area (Å²) in [5.41, 5.74) is 5.11. The van der Waals surface area contributed by atoms with Gasteiger partial charge in [0, 0.05) is 6.04 Å². The zero-order valence-corrected chi connectivity index (χ0v) is 7.32. The Labute approximate surface area is 76.3 Å². The van der Waals surface area contributed by atoms with Gasteiger partial charge < -0.3 is 16.2 Å². The van der Waals surface area contributed by atoms with E-state index in [1.54, 1.807) is 0 Å². The molecule has 0 aromatic carbocycles. The number of carbonyl (C=O) groups is 2. The molecule has 1 rings (SSSR count). The van der Waals surface area contributed by atoms with Gasteiger partial charge in [0.1, 0.15) is 0 Å². The van der Waals surface area contributed by atoms with E-state index in [4.69, 9.17) is 10.8 Å². The summed E-state index contributed by atoms with van der Waals surface area (Å²) >= 11 is 0. The van der Waals surface area contributed by atoms with Gasteiger partial charge in [-0.15, -0.1) is 0 Å². The van der Waals surface area contributed by atoms with Crippen LogP contribution in [0.3, 0.4) is 0 Å². The largest absolute Gasteiger partial charge is 0.481 e. The fraction of sp³-hybridized carbons (Fsp3) is 0.750. The average Bonchev–Trinajstić information content (AvgIpc) is 2.52. The van der Waals surface area contributed by atoms with E-state index in [0.29, 0.717) is 6.42 Å². The van der Waals surface area contributed by atoms with Gasteiger partial charge in [-0.25, -0.2) is 0 Å². The van der Waals surface area contributed by atoms with Gasteiger partial charge in [0.05, 0.1) is 12.5 Å². The number of amides is 1. The van der Waals surface area contributed by atoms with E-state index >= 15 is 0 Å². The van der Waals surface area contributed by atoms with Gasteiger partial charge in [-0.3, -0.25) is 9.59 Å². The highest BCUT2D eigenvalue weighted by Gasteiger charge is 2.33. The second kappa shape index (κ2) is 4.23. The second-order valence-corrected chi connectivity index (χ2v) is 3.25. The molecule has 4 N–H and O–H groups in total. The third kappa shape index (κ3) is 2.42. The predicted molar refractivity (Wildman–Crippen MR) is 46.0 cm³/mol. The molecule has 74 valence electrons. The first-order chi connectivity index (χ1) is 6.15. The number of carbonyl (C=O) groups excluding carboxylic acids is 1. The van der Waals surface area contributed by atoms with E-state index in [-0.39, 0.29) is 18.5 Å². The Morgan fingerprint density at radius 3 is 2.69 bits per heavy atom. The molecule has 0 bridgehead atoms. The van der Waals surface area contributed by atoms with Crippen molar-refractivity contribution >= 4 is 11.9 Å². The molecular formula is C8H14N2O3. The predicted octanol–water partition coefficient (Wildman–Crippen LogP) is -0.685. The number of nitrogens with one attached hydrogen (secondary N) is 1. The maximum atomic E-state index is 10.9. The van der Waals surface area contributed by atoms with Crippen LogP contribution in [0.15, 0.2) is 0 Å². The Hall–Kier alpha value is -1.10. The zero-order valence-electron chi connectivity index (χ0n) is 7.32. The highest BCUT2D eigenvalue weighted by Crippen LogP contribution is 2.25. The van der Waals surface area contributed by atoms with Crippen LogP contribution < -0.4 is 11.1 Å². The summed E-state index contributed by atoms with van der Waals surface area (Å²) in [6.07, 6.45) is 2.24. The minimum atomic E-state index is -0.833. The quantitative estimate of drug-likeness (QED) is 0.544. The van der Waals surface area contributed by atoms with Crippen LogP contribution in [0.4, 0.5) is 0 Å². The molecule has 5 heteroatoms. The molecule has 2 unspecified atom stereocenters. The molecule has 1 saturated carbocycles. The van der Waals surface area contributed by atoms with Crippen molar-refractivity contribution in [3.8, 4) is 0 Å². The van der Waals surface area contributed by atoms with Crippen LogP contribution in [-0.2, 0) is 9.59 Å². The Kier molecular flexibility index (Phi) is 3.25. The van der Waals surface area contributed by atoms with Gasteiger partial charge in [0.25, 0.3) is 0 Å². The molecule has 1 aliphatic carbocycles. The van der Waals surface area contributed by atoms with E-state index in [1.165, 1.54) is 0 Å². The van der Waals surface area contributed by atoms with Crippen molar-refractivity contribution in [2.45, 2.75) is 25.3 Å². The van der Waals surface area contributed by atoms with Crippen LogP contribution in [-0.4, -0.2) is 29.6 Å². The summed E-state index contributed by atoms with van der Waals surface area (Å²) in [7, 11) is 0. The summed E-state index contributed by atoms with van der Waals surface area (Å²) < 4.78 is 0. The number of hydrogen-bond donors (Lipinski definition) is 3. The molecule has 13 heavy (non-hydrogen) atoms. The van der Waals surface area contributed by atoms with Crippen LogP contribution in [0, 0.1) is 5.92 Å². The van der Waals surface area contributed by atoms with Gasteiger partial charge in [-0.05, 0) is 12.8 Å². The van der Waals surface area contributed by atoms with Crippen molar-refractivity contribution in [3.05, 3.63) is 0 Å². The Morgan fingerprint density at radius 2 is 2.15 bits per heavy atom. The first-order valence-electron chi connectivity index (χ1n) is 4.37. The Bertz CT molecular complexity index is 217. The van der Waals surface area contributed by atoms with Crippen LogP contribution in [0.2, 0.25) is 0 Å². The van der Waals surface area contributed by atoms with Gasteiger partial charge >= 0.3 is 5.97 Å². The number of carboxylic acids is 1. The number of rotatable bonds is 3. The molecule has 0 aliphatic heterocycles. The third-order valence-corrected chi connectivity index (χ3v) is 2.36. The lowest BCUT2D eigenvalue weighted by molar-refractivity contribution is -0.142. The SMILES string of the molecule is NCC(=O)NC1CCCC1C(=O)O. The van der Waals surface area contributed by atoms with Crippen molar-refractivity contribution < 1.29 is 14.7 Å². The van der Waals surface area contributed by atoms with E-state index in [0.717, 1.165) is 12.8 Å². The first-order valence-corrected chi connectivity index (χ1v) is 4.37. The molecule has 0 heterocycles. The summed E-state index contributed by atoms with van der Waals surface area (Å²) in [5.74, 6) is -1.55. The van der Waals surface area contributed by atoms with Gasteiger partial charge in [0.15, 0.2) is 0 Å². The van der Waals surface area contributed by atoms with E-state index in [1.807, 2.05) is 0 Å². The fourth-order valence-corrected chi connectivity index (χ4v) is 1.69. The van der Waals surface area contributed by atoms with Crippen LogP contribution >= 0.6 is 0 Å². The Morgan fingerprint density at radius 1 is 1.46 bits per heavy atom. The lowest BCUT2D eigenvalue weighted by Gasteiger charge is -2.16. The van der Waals surface area contributed by atoms with E-state index in [2.05, 4.69) is 5.32 Å². The standard InChI is InChI=1S/C8H14N2O3/c9-4-7(11)10-6-3-1-2-5(6)8(12)13/h5-6H,1-4,9H2,(H,10,11)(H,12,13). The van der Waals surface area contributed by atoms with Crippen molar-refractivity contribution in [1.82, 2.24) is 5.32 Å². The highest BCUT2D eigenvalue weighted by atomic mass is 16.4. The molecule has 0 aromatic heterocycles. The smallest absolute Gasteiger partial charge is 0.308 e. The van der Waals surface area contributed by atoms with Gasteiger partial charge in [0.2, 0.25) is 5.91 Å². The minimum Gasteiger partial charge on any atom is -0.481 e. The minimum absolute atomic E-state index is 0.0805. The van der Waals surface area contributed by atoms with Crippen molar-refractivity contribution in [2.75, 3.05) is 6.54 Å². The van der Waals surface area contributed by atoms with Crippen molar-refractivity contribution in [3.63, 3.8) is 0 Å². The third-order valence-electron chi connectivity index (χ3n) is 2.36. The number of carboxylic acid groups (broad SMARTS) is 1. The normalized spacial score (nSPS) is 27.2. The molecule has 1 amide bonds. The van der Waals surface area contributed by atoms with Crippen LogP contribution in [0.25, 0.3) is 0 Å². The lowest BCUT2D eigenvalue weighted by Crippen LogP contribution is -2.42. The fourth-order valence-electron chi connectivity index (χ4n) is 1.69. The first kappa shape index (κ1) is 9.98. The molecule has 0 spiro atoms. The molecule has 0 radical (unpaired) electrons. The maximum absolute atomic E-state index is 10.9. The Balaban J connectivity index is 2.48.